The average molecular weight is 808 g/mol. The third-order valence-electron chi connectivity index (χ3n) is 7.56. The van der Waals surface area contributed by atoms with Gasteiger partial charge in [-0.25, -0.2) is 18.4 Å². The number of nitrogens with zero attached hydrogens (tertiary/aromatic N) is 1. The Labute approximate surface area is 318 Å². The maximum absolute atomic E-state index is 15.6. The number of benzene rings is 3. The van der Waals surface area contributed by atoms with Crippen molar-refractivity contribution in [3.63, 3.8) is 0 Å². The van der Waals surface area contributed by atoms with Gasteiger partial charge >= 0.3 is 12.2 Å². The predicted octanol–water partition coefficient (Wildman–Crippen LogP) is 11.2. The monoisotopic (exact) mass is 805 g/mol. The maximum atomic E-state index is 15.6. The van der Waals surface area contributed by atoms with Gasteiger partial charge in [0, 0.05) is 33.8 Å². The van der Waals surface area contributed by atoms with E-state index in [1.807, 2.05) is 6.92 Å². The number of hydrogen-bond donors (Lipinski definition) is 2. The highest BCUT2D eigenvalue weighted by Crippen LogP contribution is 2.65. The van der Waals surface area contributed by atoms with Gasteiger partial charge in [-0.1, -0.05) is 48.1 Å². The summed E-state index contributed by atoms with van der Waals surface area (Å²) in [5.74, 6) is -5.58. The van der Waals surface area contributed by atoms with Gasteiger partial charge in [-0.3, -0.25) is 9.59 Å². The summed E-state index contributed by atoms with van der Waals surface area (Å²) < 4.78 is 40.4. The second-order valence-electron chi connectivity index (χ2n) is 13.4. The zero-order valence-corrected chi connectivity index (χ0v) is 32.0. The third kappa shape index (κ3) is 9.75. The molecule has 0 bridgehead atoms. The lowest BCUT2D eigenvalue weighted by molar-refractivity contribution is -0.117. The second kappa shape index (κ2) is 15.3. The van der Waals surface area contributed by atoms with Crippen LogP contribution in [-0.4, -0.2) is 39.5 Å². The predicted molar refractivity (Wildman–Crippen MR) is 196 cm³/mol. The Morgan fingerprint density at radius 2 is 1.45 bits per heavy atom. The number of amides is 4. The van der Waals surface area contributed by atoms with Crippen molar-refractivity contribution in [1.82, 2.24) is 0 Å². The van der Waals surface area contributed by atoms with Crippen LogP contribution in [0.4, 0.5) is 35.4 Å². The van der Waals surface area contributed by atoms with Crippen molar-refractivity contribution >= 4 is 99.1 Å². The maximum Gasteiger partial charge on any atom is 0.424 e. The zero-order chi connectivity index (χ0) is 38.2. The van der Waals surface area contributed by atoms with Gasteiger partial charge in [0.05, 0.1) is 27.9 Å². The molecule has 1 aliphatic rings. The van der Waals surface area contributed by atoms with Crippen molar-refractivity contribution in [3.8, 4) is 0 Å². The smallest absolute Gasteiger partial charge is 0.424 e. The van der Waals surface area contributed by atoms with Crippen LogP contribution in [0.25, 0.3) is 0 Å². The fraction of sp³-hybridized carbons (Fsp3) is 0.371. The average Bonchev–Trinajstić information content (AvgIpc) is 3.56. The molecule has 1 aliphatic carbocycles. The number of halogens is 7. The van der Waals surface area contributed by atoms with E-state index >= 15 is 8.78 Å². The third-order valence-corrected chi connectivity index (χ3v) is 9.26. The number of anilines is 3. The minimum Gasteiger partial charge on any atom is -0.443 e. The van der Waals surface area contributed by atoms with Crippen molar-refractivity contribution in [2.24, 2.45) is 5.92 Å². The van der Waals surface area contributed by atoms with Gasteiger partial charge in [0.15, 0.2) is 0 Å². The molecule has 16 heteroatoms. The molecular formula is C35H34Cl5F2N3O6. The van der Waals surface area contributed by atoms with Gasteiger partial charge < -0.3 is 20.1 Å². The van der Waals surface area contributed by atoms with Gasteiger partial charge in [0.2, 0.25) is 5.91 Å². The molecule has 2 N–H and O–H groups in total. The normalized spacial score (nSPS) is 16.6. The first kappa shape index (κ1) is 40.4. The zero-order valence-electron chi connectivity index (χ0n) is 28.2. The largest absolute Gasteiger partial charge is 0.443 e. The van der Waals surface area contributed by atoms with Crippen molar-refractivity contribution in [1.29, 1.82) is 0 Å². The number of carbonyl (C=O) groups excluding carboxylic acids is 4. The number of rotatable bonds is 9. The first-order valence-corrected chi connectivity index (χ1v) is 17.4. The van der Waals surface area contributed by atoms with E-state index in [1.165, 1.54) is 45.0 Å². The molecule has 3 aromatic rings. The highest BCUT2D eigenvalue weighted by Gasteiger charge is 2.67. The molecular weight excluding hydrogens is 774 g/mol. The molecule has 0 aliphatic heterocycles. The number of carbonyl (C=O) groups is 4. The van der Waals surface area contributed by atoms with Crippen LogP contribution in [0.2, 0.25) is 15.1 Å². The van der Waals surface area contributed by atoms with E-state index in [1.54, 1.807) is 26.0 Å². The fourth-order valence-electron chi connectivity index (χ4n) is 5.33. The molecule has 0 aromatic heterocycles. The van der Waals surface area contributed by atoms with Gasteiger partial charge in [-0.05, 0) is 83.0 Å². The molecule has 9 nitrogen and oxygen atoms in total. The summed E-state index contributed by atoms with van der Waals surface area (Å²) in [5, 5.41) is 5.45. The minimum absolute atomic E-state index is 0.0848. The van der Waals surface area contributed by atoms with Crippen molar-refractivity contribution in [2.45, 2.75) is 75.8 Å². The van der Waals surface area contributed by atoms with Crippen LogP contribution in [0.15, 0.2) is 48.5 Å². The molecule has 0 radical (unpaired) electrons. The molecule has 4 rings (SSSR count). The summed E-state index contributed by atoms with van der Waals surface area (Å²) in [6.07, 6.45) is -1.56. The standard InChI is InChI=1S/C35H34Cl5F2N3O6/c1-7-10-34(5,6)51-32(49)45(31(48)50-33(2,3)4)26-16-23(41)25(15-24(26)42)44-29(46)21-14-20(8-9-22(21)38)43-30(47)28-27(35(28,39)40)17-11-18(36)13-19(37)12-17/h8-9,11-16,27-28H,7,10H2,1-6H3,(H,43,47)(H,44,46)/t27-,28+/m0/s1. The molecule has 3 aromatic carbocycles. The van der Waals surface area contributed by atoms with E-state index < -0.39 is 74.4 Å². The summed E-state index contributed by atoms with van der Waals surface area (Å²) >= 11 is 31.4. The van der Waals surface area contributed by atoms with E-state index in [0.29, 0.717) is 40.6 Å². The number of nitrogens with one attached hydrogen (secondary N) is 2. The lowest BCUT2D eigenvalue weighted by atomic mass is 10.0. The molecule has 0 saturated heterocycles. The molecule has 1 saturated carbocycles. The van der Waals surface area contributed by atoms with Crippen LogP contribution in [-0.2, 0) is 14.3 Å². The number of alkyl halides is 2. The number of imide groups is 1. The quantitative estimate of drug-likeness (QED) is 0.208. The molecule has 0 unspecified atom stereocenters. The summed E-state index contributed by atoms with van der Waals surface area (Å²) in [6.45, 7) is 9.65. The molecule has 1 fully saturated rings. The number of hydrogen-bond acceptors (Lipinski definition) is 6. The first-order valence-electron chi connectivity index (χ1n) is 15.6. The lowest BCUT2D eigenvalue weighted by Crippen LogP contribution is -2.44. The van der Waals surface area contributed by atoms with Crippen LogP contribution >= 0.6 is 58.0 Å². The van der Waals surface area contributed by atoms with E-state index in [-0.39, 0.29) is 21.2 Å². The van der Waals surface area contributed by atoms with E-state index in [0.717, 1.165) is 0 Å². The fourth-order valence-corrected chi connectivity index (χ4v) is 6.90. The highest BCUT2D eigenvalue weighted by atomic mass is 35.5. The van der Waals surface area contributed by atoms with Crippen molar-refractivity contribution in [3.05, 3.63) is 86.4 Å². The van der Waals surface area contributed by atoms with Gasteiger partial charge in [0.1, 0.15) is 27.2 Å². The van der Waals surface area contributed by atoms with Gasteiger partial charge in [-0.15, -0.1) is 23.2 Å². The van der Waals surface area contributed by atoms with E-state index in [4.69, 9.17) is 67.5 Å². The number of ether oxygens (including phenoxy) is 2. The molecule has 0 spiro atoms. The molecule has 274 valence electrons. The summed E-state index contributed by atoms with van der Waals surface area (Å²) in [6, 6.07) is 9.79. The molecule has 51 heavy (non-hydrogen) atoms. The van der Waals surface area contributed by atoms with E-state index in [2.05, 4.69) is 10.6 Å². The molecule has 2 atom stereocenters. The Balaban J connectivity index is 1.56. The summed E-state index contributed by atoms with van der Waals surface area (Å²) in [5.41, 5.74) is -3.16. The van der Waals surface area contributed by atoms with Gasteiger partial charge in [-0.2, -0.15) is 4.90 Å². The lowest BCUT2D eigenvalue weighted by Gasteiger charge is -2.30. The Morgan fingerprint density at radius 3 is 2.04 bits per heavy atom. The second-order valence-corrected chi connectivity index (χ2v) is 16.2. The van der Waals surface area contributed by atoms with Crippen LogP contribution in [0.3, 0.4) is 0 Å². The molecule has 4 amide bonds. The SMILES string of the molecule is CCCC(C)(C)OC(=O)N(C(=O)OC(C)(C)C)c1cc(F)c(NC(=O)c2cc(NC(=O)[C@H]3[C@H](c4cc(Cl)cc(Cl)c4)C3(Cl)Cl)ccc2Cl)cc1F. The summed E-state index contributed by atoms with van der Waals surface area (Å²) in [4.78, 5) is 53.0. The van der Waals surface area contributed by atoms with Crippen LogP contribution in [0, 0.1) is 17.6 Å². The Bertz CT molecular complexity index is 1860. The Morgan fingerprint density at radius 1 is 0.843 bits per heavy atom. The molecule has 0 heterocycles. The Hall–Kier alpha value is -3.35. The first-order chi connectivity index (χ1) is 23.5. The topological polar surface area (TPSA) is 114 Å². The summed E-state index contributed by atoms with van der Waals surface area (Å²) in [7, 11) is 0. The van der Waals surface area contributed by atoms with Crippen LogP contribution < -0.4 is 15.5 Å². The van der Waals surface area contributed by atoms with Gasteiger partial charge in [0.25, 0.3) is 5.91 Å². The minimum atomic E-state index is -1.47. The van der Waals surface area contributed by atoms with Crippen LogP contribution in [0.1, 0.15) is 76.2 Å². The van der Waals surface area contributed by atoms with E-state index in [9.17, 15) is 19.2 Å². The van der Waals surface area contributed by atoms with Crippen LogP contribution in [0.5, 0.6) is 0 Å². The van der Waals surface area contributed by atoms with Crippen molar-refractivity contribution in [2.75, 3.05) is 15.5 Å². The Kier molecular flexibility index (Phi) is 12.1. The highest BCUT2D eigenvalue weighted by molar-refractivity contribution is 6.53. The van der Waals surface area contributed by atoms with Crippen molar-refractivity contribution < 1.29 is 37.4 Å².